The van der Waals surface area contributed by atoms with E-state index in [9.17, 15) is 19.5 Å². The van der Waals surface area contributed by atoms with Gasteiger partial charge in [-0.05, 0) is 30.9 Å². The van der Waals surface area contributed by atoms with Gasteiger partial charge in [-0.1, -0.05) is 6.92 Å². The first-order valence-corrected chi connectivity index (χ1v) is 9.67. The van der Waals surface area contributed by atoms with E-state index < -0.39 is 17.9 Å². The molecule has 0 saturated carbocycles. The van der Waals surface area contributed by atoms with Crippen molar-refractivity contribution in [2.24, 2.45) is 11.8 Å². The molecule has 8 nitrogen and oxygen atoms in total. The number of amides is 2. The average molecular weight is 388 g/mol. The van der Waals surface area contributed by atoms with Crippen LogP contribution < -0.4 is 14.4 Å². The summed E-state index contributed by atoms with van der Waals surface area (Å²) in [5.74, 6) is -0.406. The lowest BCUT2D eigenvalue weighted by molar-refractivity contribution is -0.154. The van der Waals surface area contributed by atoms with E-state index in [2.05, 4.69) is 0 Å². The lowest BCUT2D eigenvalue weighted by Gasteiger charge is -2.37. The number of fused-ring (bicyclic) bond motifs is 1. The monoisotopic (exact) mass is 388 g/mol. The van der Waals surface area contributed by atoms with Crippen molar-refractivity contribution < 1.29 is 29.0 Å². The fraction of sp³-hybridized carbons (Fsp3) is 0.550. The maximum atomic E-state index is 13.0. The Labute approximate surface area is 163 Å². The minimum Gasteiger partial charge on any atom is -0.486 e. The van der Waals surface area contributed by atoms with Gasteiger partial charge in [-0.25, -0.2) is 4.79 Å². The van der Waals surface area contributed by atoms with Gasteiger partial charge in [0.25, 0.3) is 0 Å². The van der Waals surface area contributed by atoms with Gasteiger partial charge in [-0.3, -0.25) is 9.59 Å². The number of nitrogens with zero attached hydrogens (tertiary/aromatic N) is 2. The van der Waals surface area contributed by atoms with Crippen molar-refractivity contribution in [2.45, 2.75) is 32.2 Å². The maximum absolute atomic E-state index is 13.0. The van der Waals surface area contributed by atoms with Crippen LogP contribution in [0, 0.1) is 11.8 Å². The van der Waals surface area contributed by atoms with E-state index in [0.29, 0.717) is 43.4 Å². The van der Waals surface area contributed by atoms with Crippen LogP contribution in [0.25, 0.3) is 0 Å². The second kappa shape index (κ2) is 7.33. The summed E-state index contributed by atoms with van der Waals surface area (Å²) in [6.45, 7) is 3.61. The third-order valence-corrected chi connectivity index (χ3v) is 5.74. The van der Waals surface area contributed by atoms with Crippen LogP contribution in [-0.2, 0) is 14.4 Å². The summed E-state index contributed by atoms with van der Waals surface area (Å²) in [7, 11) is 0. The van der Waals surface area contributed by atoms with Crippen molar-refractivity contribution >= 4 is 23.5 Å². The summed E-state index contributed by atoms with van der Waals surface area (Å²) >= 11 is 0. The molecule has 3 unspecified atom stereocenters. The Morgan fingerprint density at radius 2 is 1.93 bits per heavy atom. The standard InChI is InChI=1S/C20H24N2O6/c1-12-4-5-21(15(8-12)20(25)26)19(24)13-9-18(23)22(11-13)14-2-3-16-17(10-14)28-7-6-27-16/h2-3,10,12-13,15H,4-9,11H2,1H3,(H,25,26). The van der Waals surface area contributed by atoms with E-state index >= 15 is 0 Å². The van der Waals surface area contributed by atoms with Gasteiger partial charge in [0, 0.05) is 31.3 Å². The molecule has 4 rings (SSSR count). The topological polar surface area (TPSA) is 96.4 Å². The predicted octanol–water partition coefficient (Wildman–Crippen LogP) is 1.52. The molecule has 0 aromatic heterocycles. The first kappa shape index (κ1) is 18.6. The van der Waals surface area contributed by atoms with Gasteiger partial charge in [0.05, 0.1) is 5.92 Å². The zero-order chi connectivity index (χ0) is 19.8. The van der Waals surface area contributed by atoms with Crippen LogP contribution in [0.5, 0.6) is 11.5 Å². The van der Waals surface area contributed by atoms with Gasteiger partial charge in [0.15, 0.2) is 11.5 Å². The minimum absolute atomic E-state index is 0.0890. The molecule has 3 aliphatic rings. The summed E-state index contributed by atoms with van der Waals surface area (Å²) < 4.78 is 11.1. The molecule has 150 valence electrons. The number of aliphatic carboxylic acids is 1. The number of piperidine rings is 1. The number of benzene rings is 1. The summed E-state index contributed by atoms with van der Waals surface area (Å²) in [5, 5.41) is 9.52. The van der Waals surface area contributed by atoms with Crippen LogP contribution in [-0.4, -0.2) is 60.1 Å². The van der Waals surface area contributed by atoms with Crippen LogP contribution in [0.2, 0.25) is 0 Å². The Bertz CT molecular complexity index is 810. The van der Waals surface area contributed by atoms with Crippen molar-refractivity contribution in [3.8, 4) is 11.5 Å². The molecule has 3 atom stereocenters. The van der Waals surface area contributed by atoms with E-state index in [0.717, 1.165) is 6.42 Å². The highest BCUT2D eigenvalue weighted by Crippen LogP contribution is 2.36. The van der Waals surface area contributed by atoms with E-state index in [-0.39, 0.29) is 30.7 Å². The molecule has 8 heteroatoms. The molecule has 1 aromatic carbocycles. The zero-order valence-corrected chi connectivity index (χ0v) is 15.8. The normalized spacial score (nSPS) is 27.0. The summed E-state index contributed by atoms with van der Waals surface area (Å²) in [6, 6.07) is 4.48. The Kier molecular flexibility index (Phi) is 4.87. The summed E-state index contributed by atoms with van der Waals surface area (Å²) in [4.78, 5) is 40.2. The van der Waals surface area contributed by atoms with Crippen molar-refractivity contribution in [2.75, 3.05) is 31.2 Å². The SMILES string of the molecule is CC1CCN(C(=O)C2CC(=O)N(c3ccc4c(c3)OCCO4)C2)C(C(=O)O)C1. The number of carboxylic acids is 1. The van der Waals surface area contributed by atoms with Gasteiger partial charge in [0.2, 0.25) is 11.8 Å². The molecule has 0 radical (unpaired) electrons. The summed E-state index contributed by atoms with van der Waals surface area (Å²) in [5.41, 5.74) is 0.659. The van der Waals surface area contributed by atoms with Gasteiger partial charge in [-0.15, -0.1) is 0 Å². The van der Waals surface area contributed by atoms with E-state index in [1.54, 1.807) is 23.1 Å². The Hall–Kier alpha value is -2.77. The molecule has 3 aliphatic heterocycles. The molecular weight excluding hydrogens is 364 g/mol. The highest BCUT2D eigenvalue weighted by molar-refractivity contribution is 6.01. The average Bonchev–Trinajstić information content (AvgIpc) is 3.08. The fourth-order valence-corrected chi connectivity index (χ4v) is 4.20. The summed E-state index contributed by atoms with van der Waals surface area (Å²) in [6.07, 6.45) is 1.32. The molecule has 3 heterocycles. The molecule has 1 aromatic rings. The van der Waals surface area contributed by atoms with Gasteiger partial charge < -0.3 is 24.4 Å². The number of hydrogen-bond donors (Lipinski definition) is 1. The van der Waals surface area contributed by atoms with E-state index in [1.165, 1.54) is 4.90 Å². The molecule has 2 amide bonds. The van der Waals surface area contributed by atoms with Crippen LogP contribution >= 0.6 is 0 Å². The zero-order valence-electron chi connectivity index (χ0n) is 15.8. The van der Waals surface area contributed by atoms with Crippen molar-refractivity contribution in [1.82, 2.24) is 4.90 Å². The smallest absolute Gasteiger partial charge is 0.326 e. The number of carbonyl (C=O) groups excluding carboxylic acids is 2. The maximum Gasteiger partial charge on any atom is 0.326 e. The quantitative estimate of drug-likeness (QED) is 0.843. The van der Waals surface area contributed by atoms with Crippen LogP contribution in [0.1, 0.15) is 26.2 Å². The number of carboxylic acid groups (broad SMARTS) is 1. The van der Waals surface area contributed by atoms with E-state index in [4.69, 9.17) is 9.47 Å². The van der Waals surface area contributed by atoms with Crippen molar-refractivity contribution in [1.29, 1.82) is 0 Å². The highest BCUT2D eigenvalue weighted by Gasteiger charge is 2.42. The van der Waals surface area contributed by atoms with Crippen molar-refractivity contribution in [3.05, 3.63) is 18.2 Å². The predicted molar refractivity (Wildman–Crippen MR) is 99.4 cm³/mol. The Morgan fingerprint density at radius 3 is 2.68 bits per heavy atom. The number of anilines is 1. The van der Waals surface area contributed by atoms with Crippen LogP contribution in [0.3, 0.4) is 0 Å². The third kappa shape index (κ3) is 3.39. The first-order valence-electron chi connectivity index (χ1n) is 9.67. The number of rotatable bonds is 3. The Morgan fingerprint density at radius 1 is 1.18 bits per heavy atom. The number of ether oxygens (including phenoxy) is 2. The Balaban J connectivity index is 1.50. The molecule has 28 heavy (non-hydrogen) atoms. The van der Waals surface area contributed by atoms with Gasteiger partial charge >= 0.3 is 5.97 Å². The van der Waals surface area contributed by atoms with Gasteiger partial charge in [0.1, 0.15) is 19.3 Å². The molecule has 2 saturated heterocycles. The molecule has 1 N–H and O–H groups in total. The second-order valence-corrected chi connectivity index (χ2v) is 7.75. The first-order chi connectivity index (χ1) is 13.4. The molecule has 0 bridgehead atoms. The lowest BCUT2D eigenvalue weighted by Crippen LogP contribution is -2.52. The molecular formula is C20H24N2O6. The lowest BCUT2D eigenvalue weighted by atomic mass is 9.91. The number of carbonyl (C=O) groups is 3. The molecule has 2 fully saturated rings. The van der Waals surface area contributed by atoms with Crippen LogP contribution in [0.4, 0.5) is 5.69 Å². The third-order valence-electron chi connectivity index (χ3n) is 5.74. The molecule has 0 spiro atoms. The van der Waals surface area contributed by atoms with Crippen LogP contribution in [0.15, 0.2) is 18.2 Å². The van der Waals surface area contributed by atoms with Crippen molar-refractivity contribution in [3.63, 3.8) is 0 Å². The molecule has 0 aliphatic carbocycles. The van der Waals surface area contributed by atoms with E-state index in [1.807, 2.05) is 6.92 Å². The number of hydrogen-bond acceptors (Lipinski definition) is 5. The minimum atomic E-state index is -0.979. The second-order valence-electron chi connectivity index (χ2n) is 7.75. The largest absolute Gasteiger partial charge is 0.486 e. The van der Waals surface area contributed by atoms with Gasteiger partial charge in [-0.2, -0.15) is 0 Å². The highest BCUT2D eigenvalue weighted by atomic mass is 16.6. The number of likely N-dealkylation sites (tertiary alicyclic amines) is 1. The fourth-order valence-electron chi connectivity index (χ4n) is 4.20.